The van der Waals surface area contributed by atoms with Gasteiger partial charge in [0.15, 0.2) is 0 Å². The maximum atomic E-state index is 13.3. The van der Waals surface area contributed by atoms with E-state index >= 15 is 0 Å². The normalized spacial score (nSPS) is 16.6. The molecule has 2 atom stereocenters. The second-order valence-corrected chi connectivity index (χ2v) is 21.4. The molecule has 4 aromatic rings. The lowest BCUT2D eigenvalue weighted by molar-refractivity contribution is -0.0634. The number of aliphatic hydroxyl groups is 1. The minimum Gasteiger partial charge on any atom is -0.444 e. The minimum atomic E-state index is -2.63. The maximum Gasteiger partial charge on any atom is 0.410 e. The van der Waals surface area contributed by atoms with Gasteiger partial charge in [-0.15, -0.1) is 0 Å². The first-order chi connectivity index (χ1) is 25.2. The van der Waals surface area contributed by atoms with E-state index in [4.69, 9.17) is 20.8 Å². The summed E-state index contributed by atoms with van der Waals surface area (Å²) in [5.74, 6) is -0.191. The Bertz CT molecular complexity index is 1750. The van der Waals surface area contributed by atoms with Gasteiger partial charge in [0.25, 0.3) is 8.32 Å². The molecule has 1 heterocycles. The highest BCUT2D eigenvalue weighted by Crippen LogP contribution is 2.46. The van der Waals surface area contributed by atoms with Crippen LogP contribution >= 0.6 is 11.6 Å². The minimum absolute atomic E-state index is 0.0883. The lowest BCUT2D eigenvalue weighted by Crippen LogP contribution is -2.66. The van der Waals surface area contributed by atoms with Gasteiger partial charge in [-0.05, 0) is 91.0 Å². The maximum absolute atomic E-state index is 13.3. The van der Waals surface area contributed by atoms with Gasteiger partial charge in [-0.1, -0.05) is 149 Å². The van der Waals surface area contributed by atoms with Crippen molar-refractivity contribution in [3.63, 3.8) is 0 Å². The molecule has 1 aliphatic heterocycles. The Morgan fingerprint density at radius 3 is 2.09 bits per heavy atom. The van der Waals surface area contributed by atoms with Crippen LogP contribution in [0.1, 0.15) is 98.1 Å². The zero-order chi connectivity index (χ0) is 38.3. The third-order valence-corrected chi connectivity index (χ3v) is 16.1. The van der Waals surface area contributed by atoms with E-state index in [9.17, 15) is 9.90 Å². The van der Waals surface area contributed by atoms with Crippen molar-refractivity contribution in [2.24, 2.45) is 5.92 Å². The van der Waals surface area contributed by atoms with Gasteiger partial charge in [0.05, 0.1) is 5.60 Å². The van der Waals surface area contributed by atoms with Crippen LogP contribution in [0.4, 0.5) is 4.79 Å². The van der Waals surface area contributed by atoms with Crippen LogP contribution in [0.25, 0.3) is 11.1 Å². The van der Waals surface area contributed by atoms with Crippen LogP contribution in [0, 0.1) is 5.92 Å². The Morgan fingerprint density at radius 1 is 0.849 bits per heavy atom. The number of amides is 1. The fourth-order valence-corrected chi connectivity index (χ4v) is 13.1. The number of nitrogens with zero attached hydrogens (tertiary/aromatic N) is 1. The summed E-state index contributed by atoms with van der Waals surface area (Å²) in [5, 5.41) is 16.2. The smallest absolute Gasteiger partial charge is 0.410 e. The molecule has 4 aromatic carbocycles. The summed E-state index contributed by atoms with van der Waals surface area (Å²) in [6.45, 7) is 16.4. The van der Waals surface area contributed by atoms with E-state index in [1.54, 1.807) is 4.90 Å². The molecular formula is C46H60ClNO4Si. The number of aryl methyl sites for hydroxylation is 1. The lowest BCUT2D eigenvalue weighted by Gasteiger charge is -2.44. The molecule has 1 aliphatic rings. The number of hydrogen-bond donors (Lipinski definition) is 1. The van der Waals surface area contributed by atoms with Crippen LogP contribution in [-0.4, -0.2) is 49.7 Å². The molecule has 53 heavy (non-hydrogen) atoms. The fourth-order valence-electron chi connectivity index (χ4n) is 8.20. The van der Waals surface area contributed by atoms with E-state index in [-0.39, 0.29) is 17.0 Å². The molecule has 0 aliphatic carbocycles. The highest BCUT2D eigenvalue weighted by atomic mass is 35.5. The monoisotopic (exact) mass is 753 g/mol. The molecule has 0 aromatic heterocycles. The SMILES string of the molecule is CCc1cccc(-c2c(Cl)cccc2C(O)(CCCCCO[Si](c2ccccc2)(c2ccccc2)C(C)(C)C)[C@@H]2CCCN(C(=O)OC(C)(C)C)C2)c1. The first kappa shape index (κ1) is 40.8. The second-order valence-electron chi connectivity index (χ2n) is 16.7. The average molecular weight is 755 g/mol. The summed E-state index contributed by atoms with van der Waals surface area (Å²) < 4.78 is 13.0. The van der Waals surface area contributed by atoms with E-state index in [1.807, 2.05) is 39.0 Å². The Morgan fingerprint density at radius 2 is 1.49 bits per heavy atom. The molecular weight excluding hydrogens is 694 g/mol. The third kappa shape index (κ3) is 9.45. The number of benzene rings is 4. The summed E-state index contributed by atoms with van der Waals surface area (Å²) in [6, 6.07) is 35.9. The molecule has 1 fully saturated rings. The standard InChI is InChI=1S/C46H60ClNO4Si/c1-8-35-21-18-22-36(33-35)42-40(28-19-29-41(42)47)46(50,37-23-20-31-48(34-37)43(49)52-44(2,3)4)30-16-11-17-32-51-53(45(5,6)7,38-24-12-9-13-25-38)39-26-14-10-15-27-39/h9-10,12-15,18-19,21-22,24-29,33,37,50H,8,11,16-17,20,23,30-32,34H2,1-7H3/t37-,46?/m1/s1. The van der Waals surface area contributed by atoms with Crippen LogP contribution in [0.3, 0.4) is 0 Å². The van der Waals surface area contributed by atoms with E-state index in [2.05, 4.69) is 113 Å². The predicted molar refractivity (Wildman–Crippen MR) is 223 cm³/mol. The van der Waals surface area contributed by atoms with Gasteiger partial charge in [0.2, 0.25) is 0 Å². The third-order valence-electron chi connectivity index (χ3n) is 10.8. The number of piperidine rings is 1. The molecule has 5 rings (SSSR count). The topological polar surface area (TPSA) is 59.0 Å². The van der Waals surface area contributed by atoms with Crippen LogP contribution < -0.4 is 10.4 Å². The quantitative estimate of drug-likeness (QED) is 0.109. The molecule has 1 amide bonds. The van der Waals surface area contributed by atoms with Crippen LogP contribution in [0.2, 0.25) is 10.1 Å². The largest absolute Gasteiger partial charge is 0.444 e. The van der Waals surface area contributed by atoms with Crippen molar-refractivity contribution in [2.75, 3.05) is 19.7 Å². The lowest BCUT2D eigenvalue weighted by atomic mass is 9.72. The van der Waals surface area contributed by atoms with E-state index < -0.39 is 19.5 Å². The molecule has 1 saturated heterocycles. The molecule has 1 unspecified atom stereocenters. The number of rotatable bonds is 13. The molecule has 0 saturated carbocycles. The summed E-state index contributed by atoms with van der Waals surface area (Å²) >= 11 is 7.03. The van der Waals surface area contributed by atoms with Crippen LogP contribution in [0.15, 0.2) is 103 Å². The zero-order valence-electron chi connectivity index (χ0n) is 33.0. The Labute approximate surface area is 324 Å². The van der Waals surface area contributed by atoms with Gasteiger partial charge in [-0.3, -0.25) is 0 Å². The summed E-state index contributed by atoms with van der Waals surface area (Å²) in [7, 11) is -2.63. The Balaban J connectivity index is 1.41. The first-order valence-corrected chi connectivity index (χ1v) is 21.8. The van der Waals surface area contributed by atoms with Crippen molar-refractivity contribution in [3.05, 3.63) is 119 Å². The number of carbonyl (C=O) groups is 1. The average Bonchev–Trinajstić information content (AvgIpc) is 3.14. The molecule has 0 bridgehead atoms. The Hall–Kier alpha value is -3.42. The molecule has 284 valence electrons. The Kier molecular flexibility index (Phi) is 13.4. The van der Waals surface area contributed by atoms with Crippen LogP contribution in [-0.2, 0) is 21.2 Å². The van der Waals surface area contributed by atoms with Crippen molar-refractivity contribution in [1.82, 2.24) is 4.90 Å². The first-order valence-electron chi connectivity index (χ1n) is 19.5. The number of hydrogen-bond acceptors (Lipinski definition) is 4. The second kappa shape index (κ2) is 17.4. The van der Waals surface area contributed by atoms with Gasteiger partial charge in [0, 0.05) is 36.2 Å². The fraction of sp³-hybridized carbons (Fsp3) is 0.457. The van der Waals surface area contributed by atoms with Crippen molar-refractivity contribution in [1.29, 1.82) is 0 Å². The van der Waals surface area contributed by atoms with Gasteiger partial charge in [-0.25, -0.2) is 4.79 Å². The number of likely N-dealkylation sites (tertiary alicyclic amines) is 1. The molecule has 1 N–H and O–H groups in total. The van der Waals surface area contributed by atoms with Crippen molar-refractivity contribution >= 4 is 36.4 Å². The number of ether oxygens (including phenoxy) is 1. The van der Waals surface area contributed by atoms with E-state index in [1.165, 1.54) is 15.9 Å². The molecule has 0 radical (unpaired) electrons. The van der Waals surface area contributed by atoms with E-state index in [0.29, 0.717) is 31.1 Å². The van der Waals surface area contributed by atoms with Crippen molar-refractivity contribution < 1.29 is 19.1 Å². The van der Waals surface area contributed by atoms with E-state index in [0.717, 1.165) is 55.2 Å². The summed E-state index contributed by atoms with van der Waals surface area (Å²) in [6.07, 6.45) is 5.27. The van der Waals surface area contributed by atoms with Gasteiger partial charge < -0.3 is 19.2 Å². The van der Waals surface area contributed by atoms with Crippen molar-refractivity contribution in [3.8, 4) is 11.1 Å². The summed E-state index contributed by atoms with van der Waals surface area (Å²) in [4.78, 5) is 15.1. The van der Waals surface area contributed by atoms with Crippen molar-refractivity contribution in [2.45, 2.75) is 110 Å². The highest BCUT2D eigenvalue weighted by molar-refractivity contribution is 6.99. The van der Waals surface area contributed by atoms with Gasteiger partial charge >= 0.3 is 6.09 Å². The number of carbonyl (C=O) groups excluding carboxylic acids is 1. The van der Waals surface area contributed by atoms with Gasteiger partial charge in [-0.2, -0.15) is 0 Å². The number of halogens is 1. The van der Waals surface area contributed by atoms with Gasteiger partial charge in [0.1, 0.15) is 5.60 Å². The molecule has 5 nitrogen and oxygen atoms in total. The molecule has 7 heteroatoms. The van der Waals surface area contributed by atoms with Crippen LogP contribution in [0.5, 0.6) is 0 Å². The molecule has 0 spiro atoms. The zero-order valence-corrected chi connectivity index (χ0v) is 34.7. The summed E-state index contributed by atoms with van der Waals surface area (Å²) in [5.41, 5.74) is 2.10. The highest BCUT2D eigenvalue weighted by Gasteiger charge is 2.50. The predicted octanol–water partition coefficient (Wildman–Crippen LogP) is 10.5. The number of unbranched alkanes of at least 4 members (excludes halogenated alkanes) is 2.